The molecule has 1 aliphatic carbocycles. The SMILES string of the molecule is COc1ccc(C#CC2(OC(=O)C=[N+]=[N-])CCCC2)cc1. The van der Waals surface area contributed by atoms with Crippen LogP contribution in [0.5, 0.6) is 5.75 Å². The molecule has 1 aromatic carbocycles. The van der Waals surface area contributed by atoms with Crippen LogP contribution in [-0.2, 0) is 9.53 Å². The summed E-state index contributed by atoms with van der Waals surface area (Å²) in [7, 11) is 1.61. The standard InChI is InChI=1S/C16H16N2O3/c1-20-14-6-4-13(5-7-14)8-11-16(9-2-3-10-16)21-15(19)12-18-17/h4-7,12H,2-3,9-10H2,1H3. The summed E-state index contributed by atoms with van der Waals surface area (Å²) in [6.45, 7) is 0. The molecule has 0 atom stereocenters. The Kier molecular flexibility index (Phi) is 4.76. The molecule has 0 unspecified atom stereocenters. The Labute approximate surface area is 123 Å². The van der Waals surface area contributed by atoms with Crippen LogP contribution >= 0.6 is 0 Å². The molecule has 0 amide bonds. The fourth-order valence-corrected chi connectivity index (χ4v) is 2.33. The molecular formula is C16H16N2O3. The van der Waals surface area contributed by atoms with E-state index in [0.717, 1.165) is 30.4 Å². The number of methoxy groups -OCH3 is 1. The summed E-state index contributed by atoms with van der Waals surface area (Å²) < 4.78 is 10.5. The Balaban J connectivity index is 2.17. The fraction of sp³-hybridized carbons (Fsp3) is 0.375. The number of nitrogens with zero attached hydrogens (tertiary/aromatic N) is 2. The topological polar surface area (TPSA) is 71.9 Å². The van der Waals surface area contributed by atoms with E-state index in [2.05, 4.69) is 16.6 Å². The minimum absolute atomic E-state index is 0.677. The van der Waals surface area contributed by atoms with Crippen LogP contribution < -0.4 is 4.74 Å². The summed E-state index contributed by atoms with van der Waals surface area (Å²) in [5.74, 6) is 6.19. The van der Waals surface area contributed by atoms with Crippen LogP contribution in [0.15, 0.2) is 24.3 Å². The van der Waals surface area contributed by atoms with Gasteiger partial charge in [-0.25, -0.2) is 4.79 Å². The van der Waals surface area contributed by atoms with E-state index >= 15 is 0 Å². The molecule has 1 aliphatic rings. The first-order chi connectivity index (χ1) is 10.2. The summed E-state index contributed by atoms with van der Waals surface area (Å²) >= 11 is 0. The van der Waals surface area contributed by atoms with E-state index in [4.69, 9.17) is 15.0 Å². The van der Waals surface area contributed by atoms with Gasteiger partial charge in [-0.05, 0) is 55.9 Å². The van der Waals surface area contributed by atoms with Crippen molar-refractivity contribution in [1.29, 1.82) is 0 Å². The summed E-state index contributed by atoms with van der Waals surface area (Å²) in [4.78, 5) is 14.2. The van der Waals surface area contributed by atoms with Gasteiger partial charge < -0.3 is 15.0 Å². The molecule has 0 aromatic heterocycles. The van der Waals surface area contributed by atoms with Crippen molar-refractivity contribution < 1.29 is 19.1 Å². The van der Waals surface area contributed by atoms with E-state index in [1.165, 1.54) is 0 Å². The predicted molar refractivity (Wildman–Crippen MR) is 76.8 cm³/mol. The summed E-state index contributed by atoms with van der Waals surface area (Å²) in [6.07, 6.45) is 4.05. The molecule has 0 N–H and O–H groups in total. The number of hydrogen-bond acceptors (Lipinski definition) is 3. The zero-order valence-corrected chi connectivity index (χ0v) is 11.8. The van der Waals surface area contributed by atoms with Crippen LogP contribution in [0.1, 0.15) is 31.2 Å². The predicted octanol–water partition coefficient (Wildman–Crippen LogP) is 2.20. The lowest BCUT2D eigenvalue weighted by atomic mass is 10.0. The highest BCUT2D eigenvalue weighted by Gasteiger charge is 2.36. The highest BCUT2D eigenvalue weighted by atomic mass is 16.6. The van der Waals surface area contributed by atoms with Gasteiger partial charge in [0.1, 0.15) is 5.75 Å². The summed E-state index contributed by atoms with van der Waals surface area (Å²) in [5, 5.41) is 0. The van der Waals surface area contributed by atoms with Gasteiger partial charge in [-0.2, -0.15) is 4.79 Å². The Morgan fingerprint density at radius 1 is 1.33 bits per heavy atom. The maximum Gasteiger partial charge on any atom is 0.415 e. The second kappa shape index (κ2) is 6.74. The fourth-order valence-electron chi connectivity index (χ4n) is 2.33. The minimum atomic E-state index is -0.780. The van der Waals surface area contributed by atoms with E-state index in [1.54, 1.807) is 7.11 Å². The van der Waals surface area contributed by atoms with Crippen LogP contribution in [0.2, 0.25) is 0 Å². The van der Waals surface area contributed by atoms with Crippen LogP contribution in [0.3, 0.4) is 0 Å². The van der Waals surface area contributed by atoms with Crippen molar-refractivity contribution in [2.45, 2.75) is 31.3 Å². The van der Waals surface area contributed by atoms with Crippen LogP contribution in [0.25, 0.3) is 5.53 Å². The summed E-state index contributed by atoms with van der Waals surface area (Å²) in [6, 6.07) is 7.36. The van der Waals surface area contributed by atoms with E-state index in [9.17, 15) is 4.79 Å². The summed E-state index contributed by atoms with van der Waals surface area (Å²) in [5.41, 5.74) is 8.42. The number of esters is 1. The minimum Gasteiger partial charge on any atom is -0.497 e. The Morgan fingerprint density at radius 2 is 2.00 bits per heavy atom. The van der Waals surface area contributed by atoms with Gasteiger partial charge in [0.05, 0.1) is 7.11 Å². The van der Waals surface area contributed by atoms with Gasteiger partial charge in [-0.15, -0.1) is 0 Å². The zero-order valence-electron chi connectivity index (χ0n) is 11.8. The largest absolute Gasteiger partial charge is 0.497 e. The first kappa shape index (κ1) is 14.8. The van der Waals surface area contributed by atoms with Crippen molar-refractivity contribution in [3.63, 3.8) is 0 Å². The van der Waals surface area contributed by atoms with Crippen molar-refractivity contribution >= 4 is 12.2 Å². The molecule has 0 aliphatic heterocycles. The molecule has 21 heavy (non-hydrogen) atoms. The first-order valence-electron chi connectivity index (χ1n) is 6.75. The van der Waals surface area contributed by atoms with Crippen molar-refractivity contribution in [2.24, 2.45) is 0 Å². The van der Waals surface area contributed by atoms with E-state index < -0.39 is 11.6 Å². The molecule has 1 aromatic rings. The third-order valence-corrected chi connectivity index (χ3v) is 3.39. The van der Waals surface area contributed by atoms with Gasteiger partial charge in [-0.3, -0.25) is 0 Å². The Bertz CT molecular complexity index is 613. The van der Waals surface area contributed by atoms with Gasteiger partial charge in [-0.1, -0.05) is 5.92 Å². The van der Waals surface area contributed by atoms with Gasteiger partial charge in [0.15, 0.2) is 5.60 Å². The van der Waals surface area contributed by atoms with Gasteiger partial charge in [0.2, 0.25) is 0 Å². The maximum atomic E-state index is 11.5. The number of rotatable bonds is 3. The molecule has 5 nitrogen and oxygen atoms in total. The van der Waals surface area contributed by atoms with Crippen molar-refractivity contribution in [3.05, 3.63) is 35.4 Å². The number of carbonyl (C=O) groups is 1. The smallest absolute Gasteiger partial charge is 0.415 e. The van der Waals surface area contributed by atoms with Crippen LogP contribution in [-0.4, -0.2) is 29.7 Å². The lowest BCUT2D eigenvalue weighted by molar-refractivity contribution is -0.148. The molecular weight excluding hydrogens is 268 g/mol. The van der Waals surface area contributed by atoms with Gasteiger partial charge in [0, 0.05) is 5.56 Å². The monoisotopic (exact) mass is 284 g/mol. The molecule has 0 heterocycles. The second-order valence-electron chi connectivity index (χ2n) is 4.85. The van der Waals surface area contributed by atoms with E-state index in [0.29, 0.717) is 12.8 Å². The molecule has 0 saturated heterocycles. The number of benzene rings is 1. The van der Waals surface area contributed by atoms with E-state index in [-0.39, 0.29) is 0 Å². The number of ether oxygens (including phenoxy) is 2. The highest BCUT2D eigenvalue weighted by molar-refractivity contribution is 6.20. The molecule has 0 radical (unpaired) electrons. The second-order valence-corrected chi connectivity index (χ2v) is 4.85. The Morgan fingerprint density at radius 3 is 2.57 bits per heavy atom. The molecule has 2 rings (SSSR count). The van der Waals surface area contributed by atoms with Crippen molar-refractivity contribution in [3.8, 4) is 17.6 Å². The molecule has 1 fully saturated rings. The molecule has 5 heteroatoms. The van der Waals surface area contributed by atoms with Crippen molar-refractivity contribution in [1.82, 2.24) is 0 Å². The lowest BCUT2D eigenvalue weighted by Gasteiger charge is -2.20. The quantitative estimate of drug-likeness (QED) is 0.281. The molecule has 0 spiro atoms. The zero-order chi connectivity index (χ0) is 15.1. The lowest BCUT2D eigenvalue weighted by Crippen LogP contribution is -2.31. The number of carbonyl (C=O) groups excluding carboxylic acids is 1. The average Bonchev–Trinajstić information content (AvgIpc) is 2.95. The van der Waals surface area contributed by atoms with Gasteiger partial charge >= 0.3 is 12.2 Å². The average molecular weight is 284 g/mol. The Hall–Kier alpha value is -2.57. The third kappa shape index (κ3) is 3.95. The highest BCUT2D eigenvalue weighted by Crippen LogP contribution is 2.32. The number of hydrogen-bond donors (Lipinski definition) is 0. The first-order valence-corrected chi connectivity index (χ1v) is 6.75. The van der Waals surface area contributed by atoms with Gasteiger partial charge in [0.25, 0.3) is 0 Å². The van der Waals surface area contributed by atoms with Crippen LogP contribution in [0.4, 0.5) is 0 Å². The molecule has 108 valence electrons. The molecule has 0 bridgehead atoms. The van der Waals surface area contributed by atoms with E-state index in [1.807, 2.05) is 24.3 Å². The third-order valence-electron chi connectivity index (χ3n) is 3.39. The van der Waals surface area contributed by atoms with Crippen molar-refractivity contribution in [2.75, 3.05) is 7.11 Å². The normalized spacial score (nSPS) is 15.3. The maximum absolute atomic E-state index is 11.5. The molecule has 1 saturated carbocycles. The van der Waals surface area contributed by atoms with Crippen LogP contribution in [0, 0.1) is 11.8 Å².